The summed E-state index contributed by atoms with van der Waals surface area (Å²) in [5.74, 6) is 1.07. The number of benzene rings is 2. The quantitative estimate of drug-likeness (QED) is 0.725. The summed E-state index contributed by atoms with van der Waals surface area (Å²) in [4.78, 5) is 1.31. The number of rotatable bonds is 6. The standard InChI is InChI=1S/C18H22BrNS/c1-13-7-8-14(2)15(9-13)10-17(20-3)12-21-18-6-4-5-16(19)11-18/h4-9,11,17,20H,10,12H2,1-3H3. The summed E-state index contributed by atoms with van der Waals surface area (Å²) in [5.41, 5.74) is 4.17. The smallest absolute Gasteiger partial charge is 0.0199 e. The third-order valence-corrected chi connectivity index (χ3v) is 5.28. The lowest BCUT2D eigenvalue weighted by molar-refractivity contribution is 0.615. The fraction of sp³-hybridized carbons (Fsp3) is 0.333. The highest BCUT2D eigenvalue weighted by Gasteiger charge is 2.10. The molecule has 0 aliphatic heterocycles. The van der Waals surface area contributed by atoms with Gasteiger partial charge in [-0.05, 0) is 56.6 Å². The lowest BCUT2D eigenvalue weighted by atomic mass is 10.00. The third-order valence-electron chi connectivity index (χ3n) is 3.63. The van der Waals surface area contributed by atoms with E-state index in [1.54, 1.807) is 0 Å². The lowest BCUT2D eigenvalue weighted by Crippen LogP contribution is -2.30. The minimum absolute atomic E-state index is 0.481. The van der Waals surface area contributed by atoms with Crippen LogP contribution < -0.4 is 5.32 Å². The molecule has 0 saturated carbocycles. The van der Waals surface area contributed by atoms with Crippen molar-refractivity contribution in [3.05, 3.63) is 63.6 Å². The Labute approximate surface area is 140 Å². The van der Waals surface area contributed by atoms with Crippen molar-refractivity contribution in [1.82, 2.24) is 5.32 Å². The van der Waals surface area contributed by atoms with Crippen molar-refractivity contribution >= 4 is 27.7 Å². The normalized spacial score (nSPS) is 12.4. The molecule has 1 unspecified atom stereocenters. The zero-order valence-electron chi connectivity index (χ0n) is 12.8. The molecule has 112 valence electrons. The van der Waals surface area contributed by atoms with Gasteiger partial charge in [0.05, 0.1) is 0 Å². The maximum absolute atomic E-state index is 3.53. The molecule has 0 aliphatic rings. The lowest BCUT2D eigenvalue weighted by Gasteiger charge is -2.17. The van der Waals surface area contributed by atoms with Crippen molar-refractivity contribution in [3.8, 4) is 0 Å². The summed E-state index contributed by atoms with van der Waals surface area (Å²) < 4.78 is 1.14. The second kappa shape index (κ2) is 8.02. The van der Waals surface area contributed by atoms with Gasteiger partial charge in [-0.25, -0.2) is 0 Å². The molecule has 1 nitrogen and oxygen atoms in total. The number of aryl methyl sites for hydroxylation is 2. The van der Waals surface area contributed by atoms with Gasteiger partial charge in [0.15, 0.2) is 0 Å². The molecular weight excluding hydrogens is 342 g/mol. The predicted molar refractivity (Wildman–Crippen MR) is 97.3 cm³/mol. The van der Waals surface area contributed by atoms with Crippen LogP contribution in [0.2, 0.25) is 0 Å². The van der Waals surface area contributed by atoms with Gasteiger partial charge in [0, 0.05) is 21.2 Å². The van der Waals surface area contributed by atoms with E-state index in [9.17, 15) is 0 Å². The first kappa shape index (κ1) is 16.6. The molecule has 2 aromatic rings. The molecule has 0 amide bonds. The largest absolute Gasteiger partial charge is 0.316 e. The minimum Gasteiger partial charge on any atom is -0.316 e. The Morgan fingerprint density at radius 3 is 2.67 bits per heavy atom. The highest BCUT2D eigenvalue weighted by molar-refractivity contribution is 9.10. The van der Waals surface area contributed by atoms with Crippen LogP contribution in [0, 0.1) is 13.8 Å². The van der Waals surface area contributed by atoms with Gasteiger partial charge in [-0.1, -0.05) is 45.8 Å². The van der Waals surface area contributed by atoms with Crippen LogP contribution in [0.3, 0.4) is 0 Å². The fourth-order valence-electron chi connectivity index (χ4n) is 2.28. The number of hydrogen-bond donors (Lipinski definition) is 1. The number of thioether (sulfide) groups is 1. The van der Waals surface area contributed by atoms with Gasteiger partial charge >= 0.3 is 0 Å². The van der Waals surface area contributed by atoms with Gasteiger partial charge in [0.25, 0.3) is 0 Å². The third kappa shape index (κ3) is 5.17. The highest BCUT2D eigenvalue weighted by atomic mass is 79.9. The fourth-order valence-corrected chi connectivity index (χ4v) is 3.90. The van der Waals surface area contributed by atoms with Crippen LogP contribution in [-0.2, 0) is 6.42 Å². The minimum atomic E-state index is 0.481. The van der Waals surface area contributed by atoms with Crippen LogP contribution in [0.4, 0.5) is 0 Å². The van der Waals surface area contributed by atoms with E-state index >= 15 is 0 Å². The second-order valence-electron chi connectivity index (χ2n) is 5.39. The monoisotopic (exact) mass is 363 g/mol. The Kier molecular flexibility index (Phi) is 6.34. The van der Waals surface area contributed by atoms with Crippen LogP contribution in [-0.4, -0.2) is 18.8 Å². The van der Waals surface area contributed by atoms with E-state index < -0.39 is 0 Å². The SMILES string of the molecule is CNC(CSc1cccc(Br)c1)Cc1cc(C)ccc1C. The average Bonchev–Trinajstić information content (AvgIpc) is 2.47. The van der Waals surface area contributed by atoms with E-state index in [1.165, 1.54) is 21.6 Å². The van der Waals surface area contributed by atoms with Crippen molar-refractivity contribution in [3.63, 3.8) is 0 Å². The van der Waals surface area contributed by atoms with Gasteiger partial charge in [0.1, 0.15) is 0 Å². The van der Waals surface area contributed by atoms with Gasteiger partial charge in [-0.15, -0.1) is 11.8 Å². The molecule has 0 heterocycles. The van der Waals surface area contributed by atoms with Gasteiger partial charge in [0.2, 0.25) is 0 Å². The Morgan fingerprint density at radius 1 is 1.14 bits per heavy atom. The number of nitrogens with one attached hydrogen (secondary N) is 1. The van der Waals surface area contributed by atoms with E-state index in [1.807, 2.05) is 11.8 Å². The van der Waals surface area contributed by atoms with E-state index in [4.69, 9.17) is 0 Å². The number of halogens is 1. The van der Waals surface area contributed by atoms with Gasteiger partial charge in [-0.3, -0.25) is 0 Å². The molecule has 0 aliphatic carbocycles. The molecule has 0 fully saturated rings. The maximum atomic E-state index is 3.53. The molecule has 0 spiro atoms. The summed E-state index contributed by atoms with van der Waals surface area (Å²) in [6.07, 6.45) is 1.07. The van der Waals surface area contributed by atoms with Crippen molar-refractivity contribution in [1.29, 1.82) is 0 Å². The van der Waals surface area contributed by atoms with E-state index in [2.05, 4.69) is 84.6 Å². The van der Waals surface area contributed by atoms with Gasteiger partial charge in [-0.2, -0.15) is 0 Å². The topological polar surface area (TPSA) is 12.0 Å². The molecule has 1 atom stereocenters. The van der Waals surface area contributed by atoms with E-state index in [0.717, 1.165) is 16.6 Å². The predicted octanol–water partition coefficient (Wildman–Crippen LogP) is 4.99. The van der Waals surface area contributed by atoms with Crippen LogP contribution in [0.25, 0.3) is 0 Å². The molecule has 0 bridgehead atoms. The molecule has 1 N–H and O–H groups in total. The Balaban J connectivity index is 1.98. The zero-order chi connectivity index (χ0) is 15.2. The van der Waals surface area contributed by atoms with E-state index in [0.29, 0.717) is 6.04 Å². The summed E-state index contributed by atoms with van der Waals surface area (Å²) >= 11 is 5.43. The zero-order valence-corrected chi connectivity index (χ0v) is 15.2. The van der Waals surface area contributed by atoms with Crippen LogP contribution in [0.15, 0.2) is 51.8 Å². The number of likely N-dealkylation sites (N-methyl/N-ethyl adjacent to an activating group) is 1. The summed E-state index contributed by atoms with van der Waals surface area (Å²) in [5, 5.41) is 3.45. The van der Waals surface area contributed by atoms with Crippen LogP contribution in [0.1, 0.15) is 16.7 Å². The van der Waals surface area contributed by atoms with Crippen molar-refractivity contribution in [2.24, 2.45) is 0 Å². The molecule has 3 heteroatoms. The summed E-state index contributed by atoms with van der Waals surface area (Å²) in [7, 11) is 2.05. The summed E-state index contributed by atoms with van der Waals surface area (Å²) in [6.45, 7) is 4.36. The van der Waals surface area contributed by atoms with Crippen molar-refractivity contribution < 1.29 is 0 Å². The van der Waals surface area contributed by atoms with E-state index in [-0.39, 0.29) is 0 Å². The maximum Gasteiger partial charge on any atom is 0.0199 e. The highest BCUT2D eigenvalue weighted by Crippen LogP contribution is 2.23. The van der Waals surface area contributed by atoms with Crippen LogP contribution in [0.5, 0.6) is 0 Å². The Morgan fingerprint density at radius 2 is 1.95 bits per heavy atom. The molecule has 2 aromatic carbocycles. The Bertz CT molecular complexity index is 598. The van der Waals surface area contributed by atoms with Crippen LogP contribution >= 0.6 is 27.7 Å². The molecule has 21 heavy (non-hydrogen) atoms. The molecule has 2 rings (SSSR count). The summed E-state index contributed by atoms with van der Waals surface area (Å²) in [6, 6.07) is 15.7. The molecular formula is C18H22BrNS. The molecule has 0 aromatic heterocycles. The van der Waals surface area contributed by atoms with Crippen molar-refractivity contribution in [2.45, 2.75) is 31.2 Å². The molecule has 0 radical (unpaired) electrons. The average molecular weight is 364 g/mol. The number of hydrogen-bond acceptors (Lipinski definition) is 2. The van der Waals surface area contributed by atoms with Gasteiger partial charge < -0.3 is 5.32 Å². The first-order valence-electron chi connectivity index (χ1n) is 7.20. The second-order valence-corrected chi connectivity index (χ2v) is 7.40. The van der Waals surface area contributed by atoms with Crippen molar-refractivity contribution in [2.75, 3.05) is 12.8 Å². The molecule has 0 saturated heterocycles. The first-order chi connectivity index (χ1) is 10.1. The first-order valence-corrected chi connectivity index (χ1v) is 8.98. The Hall–Kier alpha value is -0.770.